The van der Waals surface area contributed by atoms with Crippen molar-refractivity contribution in [1.82, 2.24) is 9.97 Å². The van der Waals surface area contributed by atoms with Gasteiger partial charge in [-0.2, -0.15) is 4.98 Å². The van der Waals surface area contributed by atoms with Gasteiger partial charge in [-0.3, -0.25) is 0 Å². The van der Waals surface area contributed by atoms with Crippen LogP contribution in [0.25, 0.3) is 0 Å². The van der Waals surface area contributed by atoms with Crippen LogP contribution in [0.4, 0.5) is 5.82 Å². The minimum absolute atomic E-state index is 0.340. The maximum Gasteiger partial charge on any atom is 0.323 e. The number of benzene rings is 2. The third-order valence-electron chi connectivity index (χ3n) is 3.20. The molecule has 2 aromatic carbocycles. The summed E-state index contributed by atoms with van der Waals surface area (Å²) < 4.78 is 5.66. The van der Waals surface area contributed by atoms with Gasteiger partial charge in [0, 0.05) is 18.3 Å². The van der Waals surface area contributed by atoms with Crippen molar-refractivity contribution in [3.05, 3.63) is 78.0 Å². The van der Waals surface area contributed by atoms with Crippen molar-refractivity contribution >= 4 is 5.82 Å². The van der Waals surface area contributed by atoms with Gasteiger partial charge in [-0.05, 0) is 24.6 Å². The van der Waals surface area contributed by atoms with E-state index >= 15 is 0 Å². The average Bonchev–Trinajstić information content (AvgIpc) is 2.57. The minimum Gasteiger partial charge on any atom is -0.424 e. The van der Waals surface area contributed by atoms with Crippen molar-refractivity contribution in [3.63, 3.8) is 0 Å². The summed E-state index contributed by atoms with van der Waals surface area (Å²) in [6.45, 7) is 2.68. The first-order chi connectivity index (χ1) is 10.8. The van der Waals surface area contributed by atoms with E-state index in [-0.39, 0.29) is 0 Å². The molecule has 4 heteroatoms. The van der Waals surface area contributed by atoms with Crippen LogP contribution in [-0.2, 0) is 6.54 Å². The zero-order chi connectivity index (χ0) is 15.2. The van der Waals surface area contributed by atoms with Gasteiger partial charge < -0.3 is 10.1 Å². The van der Waals surface area contributed by atoms with Gasteiger partial charge in [0.25, 0.3) is 0 Å². The Balaban J connectivity index is 1.72. The van der Waals surface area contributed by atoms with Crippen LogP contribution in [0.2, 0.25) is 0 Å². The molecule has 0 aliphatic carbocycles. The van der Waals surface area contributed by atoms with E-state index in [2.05, 4.69) is 27.4 Å². The highest BCUT2D eigenvalue weighted by atomic mass is 16.5. The molecular formula is C18H17N3O. The Morgan fingerprint density at radius 3 is 2.36 bits per heavy atom. The molecule has 0 aliphatic rings. The fourth-order valence-corrected chi connectivity index (χ4v) is 2.03. The molecule has 0 spiro atoms. The second kappa shape index (κ2) is 6.72. The Hall–Kier alpha value is -2.88. The lowest BCUT2D eigenvalue weighted by Crippen LogP contribution is -2.05. The predicted molar refractivity (Wildman–Crippen MR) is 87.1 cm³/mol. The highest BCUT2D eigenvalue weighted by molar-refractivity contribution is 5.43. The van der Waals surface area contributed by atoms with Gasteiger partial charge in [0.1, 0.15) is 11.6 Å². The van der Waals surface area contributed by atoms with Crippen LogP contribution in [0.1, 0.15) is 11.1 Å². The van der Waals surface area contributed by atoms with Gasteiger partial charge in [-0.1, -0.05) is 48.5 Å². The molecule has 0 radical (unpaired) electrons. The van der Waals surface area contributed by atoms with E-state index in [1.165, 1.54) is 5.56 Å². The summed E-state index contributed by atoms with van der Waals surface area (Å²) in [5, 5.41) is 3.32. The first kappa shape index (κ1) is 14.1. The van der Waals surface area contributed by atoms with Crippen molar-refractivity contribution in [2.24, 2.45) is 0 Å². The smallest absolute Gasteiger partial charge is 0.323 e. The topological polar surface area (TPSA) is 47.0 Å². The van der Waals surface area contributed by atoms with Crippen LogP contribution in [0, 0.1) is 6.92 Å². The van der Waals surface area contributed by atoms with E-state index in [0.717, 1.165) is 17.1 Å². The number of aryl methyl sites for hydroxylation is 1. The fourth-order valence-electron chi connectivity index (χ4n) is 2.03. The zero-order valence-electron chi connectivity index (χ0n) is 12.4. The van der Waals surface area contributed by atoms with Crippen molar-refractivity contribution in [2.45, 2.75) is 13.5 Å². The summed E-state index contributed by atoms with van der Waals surface area (Å²) >= 11 is 0. The van der Waals surface area contributed by atoms with Crippen molar-refractivity contribution in [3.8, 4) is 11.8 Å². The number of hydrogen-bond acceptors (Lipinski definition) is 4. The Morgan fingerprint density at radius 1 is 0.955 bits per heavy atom. The fraction of sp³-hybridized carbons (Fsp3) is 0.111. The lowest BCUT2D eigenvalue weighted by atomic mass is 10.2. The molecule has 22 heavy (non-hydrogen) atoms. The third kappa shape index (κ3) is 3.61. The van der Waals surface area contributed by atoms with E-state index in [1.54, 1.807) is 6.20 Å². The standard InChI is InChI=1S/C18H17N3O/c1-14-12-20-18(22-16-10-6-3-7-11-16)21-17(14)19-13-15-8-4-2-5-9-15/h2-12H,13H2,1H3,(H,19,20,21). The van der Waals surface area contributed by atoms with E-state index in [9.17, 15) is 0 Å². The van der Waals surface area contributed by atoms with E-state index < -0.39 is 0 Å². The SMILES string of the molecule is Cc1cnc(Oc2ccccc2)nc1NCc1ccccc1. The molecule has 0 fully saturated rings. The lowest BCUT2D eigenvalue weighted by Gasteiger charge is -2.10. The molecule has 1 heterocycles. The van der Waals surface area contributed by atoms with Gasteiger partial charge in [0.2, 0.25) is 0 Å². The molecule has 3 aromatic rings. The van der Waals surface area contributed by atoms with Gasteiger partial charge in [-0.15, -0.1) is 0 Å². The zero-order valence-corrected chi connectivity index (χ0v) is 12.4. The second-order valence-electron chi connectivity index (χ2n) is 4.94. The van der Waals surface area contributed by atoms with Gasteiger partial charge >= 0.3 is 6.01 Å². The normalized spacial score (nSPS) is 10.2. The molecule has 0 aliphatic heterocycles. The van der Waals surface area contributed by atoms with Crippen LogP contribution < -0.4 is 10.1 Å². The Kier molecular flexibility index (Phi) is 4.30. The largest absolute Gasteiger partial charge is 0.424 e. The monoisotopic (exact) mass is 291 g/mol. The molecule has 0 atom stereocenters. The molecular weight excluding hydrogens is 274 g/mol. The summed E-state index contributed by atoms with van der Waals surface area (Å²) in [5.74, 6) is 1.50. The van der Waals surface area contributed by atoms with Crippen LogP contribution in [0.15, 0.2) is 66.9 Å². The van der Waals surface area contributed by atoms with Gasteiger partial charge in [0.05, 0.1) is 0 Å². The Bertz CT molecular complexity index is 730. The van der Waals surface area contributed by atoms with Crippen LogP contribution >= 0.6 is 0 Å². The summed E-state index contributed by atoms with van der Waals surface area (Å²) in [6, 6.07) is 20.1. The second-order valence-corrected chi connectivity index (χ2v) is 4.94. The molecule has 110 valence electrons. The summed E-state index contributed by atoms with van der Waals surface area (Å²) in [7, 11) is 0. The lowest BCUT2D eigenvalue weighted by molar-refractivity contribution is 0.442. The Morgan fingerprint density at radius 2 is 1.64 bits per heavy atom. The highest BCUT2D eigenvalue weighted by Gasteiger charge is 2.05. The molecule has 0 unspecified atom stereocenters. The predicted octanol–water partition coefficient (Wildman–Crippen LogP) is 4.19. The minimum atomic E-state index is 0.340. The molecule has 1 N–H and O–H groups in total. The van der Waals surface area contributed by atoms with Crippen molar-refractivity contribution in [2.75, 3.05) is 5.32 Å². The number of para-hydroxylation sites is 1. The molecule has 0 amide bonds. The summed E-state index contributed by atoms with van der Waals surface area (Å²) in [4.78, 5) is 8.65. The van der Waals surface area contributed by atoms with Crippen LogP contribution in [0.5, 0.6) is 11.8 Å². The van der Waals surface area contributed by atoms with Gasteiger partial charge in [0.15, 0.2) is 0 Å². The number of rotatable bonds is 5. The first-order valence-electron chi connectivity index (χ1n) is 7.15. The van der Waals surface area contributed by atoms with Crippen molar-refractivity contribution in [1.29, 1.82) is 0 Å². The maximum atomic E-state index is 5.66. The average molecular weight is 291 g/mol. The maximum absolute atomic E-state index is 5.66. The number of hydrogen-bond donors (Lipinski definition) is 1. The van der Waals surface area contributed by atoms with E-state index in [1.807, 2.05) is 55.5 Å². The Labute approximate surface area is 129 Å². The molecule has 0 saturated heterocycles. The molecule has 0 saturated carbocycles. The number of aromatic nitrogens is 2. The number of nitrogens with one attached hydrogen (secondary N) is 1. The molecule has 1 aromatic heterocycles. The van der Waals surface area contributed by atoms with Crippen LogP contribution in [0.3, 0.4) is 0 Å². The van der Waals surface area contributed by atoms with E-state index in [0.29, 0.717) is 12.6 Å². The quantitative estimate of drug-likeness (QED) is 0.765. The molecule has 4 nitrogen and oxygen atoms in total. The summed E-state index contributed by atoms with van der Waals surface area (Å²) in [5.41, 5.74) is 2.18. The highest BCUT2D eigenvalue weighted by Crippen LogP contribution is 2.20. The number of nitrogens with zero attached hydrogens (tertiary/aromatic N) is 2. The first-order valence-corrected chi connectivity index (χ1v) is 7.15. The van der Waals surface area contributed by atoms with E-state index in [4.69, 9.17) is 4.74 Å². The third-order valence-corrected chi connectivity index (χ3v) is 3.20. The number of anilines is 1. The summed E-state index contributed by atoms with van der Waals surface area (Å²) in [6.07, 6.45) is 1.76. The molecule has 3 rings (SSSR count). The molecule has 0 bridgehead atoms. The van der Waals surface area contributed by atoms with Crippen molar-refractivity contribution < 1.29 is 4.74 Å². The van der Waals surface area contributed by atoms with Gasteiger partial charge in [-0.25, -0.2) is 4.98 Å². The number of ether oxygens (including phenoxy) is 1. The van der Waals surface area contributed by atoms with Crippen LogP contribution in [-0.4, -0.2) is 9.97 Å².